The van der Waals surface area contributed by atoms with Crippen molar-refractivity contribution in [2.24, 2.45) is 0 Å². The molecule has 86 valence electrons. The summed E-state index contributed by atoms with van der Waals surface area (Å²) in [5.74, 6) is 5.66. The molecule has 1 aromatic heterocycles. The number of thioether (sulfide) groups is 1. The van der Waals surface area contributed by atoms with Crippen LogP contribution < -0.4 is 11.4 Å². The summed E-state index contributed by atoms with van der Waals surface area (Å²) >= 11 is 1.49. The van der Waals surface area contributed by atoms with Gasteiger partial charge in [0.25, 0.3) is 5.56 Å². The van der Waals surface area contributed by atoms with E-state index in [2.05, 4.69) is 22.3 Å². The Kier molecular flexibility index (Phi) is 3.28. The van der Waals surface area contributed by atoms with Gasteiger partial charge in [-0.25, -0.2) is 0 Å². The molecule has 0 spiro atoms. The molecule has 0 aromatic carbocycles. The average Bonchev–Trinajstić information content (AvgIpc) is 2.31. The molecule has 2 N–H and O–H groups in total. The van der Waals surface area contributed by atoms with Crippen molar-refractivity contribution in [1.29, 1.82) is 0 Å². The van der Waals surface area contributed by atoms with Crippen molar-refractivity contribution in [3.63, 3.8) is 0 Å². The van der Waals surface area contributed by atoms with Gasteiger partial charge in [-0.1, -0.05) is 23.9 Å². The van der Waals surface area contributed by atoms with Crippen LogP contribution >= 0.6 is 11.8 Å². The van der Waals surface area contributed by atoms with E-state index in [1.807, 2.05) is 0 Å². The molecule has 0 aliphatic heterocycles. The third-order valence-electron chi connectivity index (χ3n) is 2.49. The van der Waals surface area contributed by atoms with E-state index in [9.17, 15) is 4.79 Å². The van der Waals surface area contributed by atoms with Gasteiger partial charge in [0.1, 0.15) is 5.69 Å². The summed E-state index contributed by atoms with van der Waals surface area (Å²) in [6, 6.07) is 0. The molecule has 2 rings (SSSR count). The normalized spacial score (nSPS) is 19.9. The highest BCUT2D eigenvalue weighted by atomic mass is 32.2. The van der Waals surface area contributed by atoms with Crippen molar-refractivity contribution in [2.45, 2.75) is 36.6 Å². The molecule has 1 aliphatic carbocycles. The Morgan fingerprint density at radius 3 is 3.06 bits per heavy atom. The number of hydrogen-bond donors (Lipinski definition) is 1. The lowest BCUT2D eigenvalue weighted by Gasteiger charge is -2.15. The molecule has 1 atom stereocenters. The molecule has 0 saturated heterocycles. The minimum absolute atomic E-state index is 0.280. The smallest absolute Gasteiger partial charge is 0.294 e. The number of hydrogen-bond acceptors (Lipinski definition) is 5. The zero-order valence-corrected chi connectivity index (χ0v) is 9.91. The summed E-state index contributed by atoms with van der Waals surface area (Å²) < 4.78 is 1.08. The van der Waals surface area contributed by atoms with E-state index in [1.54, 1.807) is 6.92 Å². The molecule has 0 amide bonds. The summed E-state index contributed by atoms with van der Waals surface area (Å²) in [5.41, 5.74) is 0.0447. The topological polar surface area (TPSA) is 73.8 Å². The molecule has 1 aliphatic rings. The first-order valence-corrected chi connectivity index (χ1v) is 6.11. The molecule has 1 aromatic rings. The van der Waals surface area contributed by atoms with E-state index in [-0.39, 0.29) is 5.56 Å². The molecule has 16 heavy (non-hydrogen) atoms. The lowest BCUT2D eigenvalue weighted by Crippen LogP contribution is -2.32. The number of allylic oxidation sites excluding steroid dienone is 1. The molecule has 6 heteroatoms. The second kappa shape index (κ2) is 4.69. The Bertz CT molecular complexity index is 468. The minimum atomic E-state index is -0.280. The lowest BCUT2D eigenvalue weighted by atomic mass is 10.1. The monoisotopic (exact) mass is 238 g/mol. The van der Waals surface area contributed by atoms with Crippen LogP contribution in [0.4, 0.5) is 0 Å². The van der Waals surface area contributed by atoms with Crippen LogP contribution in [0.5, 0.6) is 0 Å². The summed E-state index contributed by atoms with van der Waals surface area (Å²) in [5, 5.41) is 8.57. The van der Waals surface area contributed by atoms with Gasteiger partial charge in [-0.05, 0) is 26.2 Å². The van der Waals surface area contributed by atoms with Crippen molar-refractivity contribution in [3.05, 3.63) is 28.2 Å². The Morgan fingerprint density at radius 1 is 1.56 bits per heavy atom. The van der Waals surface area contributed by atoms with Crippen LogP contribution in [0, 0.1) is 6.92 Å². The SMILES string of the molecule is Cc1nnc(SC2C=CCCC2)n(N)c1=O. The Hall–Kier alpha value is -1.30. The first-order chi connectivity index (χ1) is 7.68. The molecular formula is C10H14N4OS. The number of aromatic nitrogens is 3. The quantitative estimate of drug-likeness (QED) is 0.611. The molecule has 1 heterocycles. The molecule has 0 fully saturated rings. The van der Waals surface area contributed by atoms with Crippen LogP contribution in [0.3, 0.4) is 0 Å². The minimum Gasteiger partial charge on any atom is -0.334 e. The largest absolute Gasteiger partial charge is 0.334 e. The van der Waals surface area contributed by atoms with Gasteiger partial charge in [0.15, 0.2) is 0 Å². The van der Waals surface area contributed by atoms with Crippen molar-refractivity contribution in [2.75, 3.05) is 5.84 Å². The fourth-order valence-corrected chi connectivity index (χ4v) is 2.59. The van der Waals surface area contributed by atoms with Gasteiger partial charge in [-0.3, -0.25) is 4.79 Å². The van der Waals surface area contributed by atoms with E-state index < -0.39 is 0 Å². The first kappa shape index (κ1) is 11.2. The molecule has 0 saturated carbocycles. The summed E-state index contributed by atoms with van der Waals surface area (Å²) in [6.45, 7) is 1.60. The van der Waals surface area contributed by atoms with Crippen LogP contribution in [0.25, 0.3) is 0 Å². The van der Waals surface area contributed by atoms with E-state index in [0.29, 0.717) is 16.1 Å². The first-order valence-electron chi connectivity index (χ1n) is 5.23. The van der Waals surface area contributed by atoms with Gasteiger partial charge in [-0.15, -0.1) is 10.2 Å². The van der Waals surface area contributed by atoms with Crippen LogP contribution in [-0.2, 0) is 0 Å². The highest BCUT2D eigenvalue weighted by Crippen LogP contribution is 2.27. The fourth-order valence-electron chi connectivity index (χ4n) is 1.56. The summed E-state index contributed by atoms with van der Waals surface area (Å²) in [7, 11) is 0. The molecule has 0 bridgehead atoms. The number of nitrogens with two attached hydrogens (primary N) is 1. The molecule has 1 unspecified atom stereocenters. The summed E-state index contributed by atoms with van der Waals surface area (Å²) in [6.07, 6.45) is 7.68. The van der Waals surface area contributed by atoms with Crippen molar-refractivity contribution in [1.82, 2.24) is 14.9 Å². The maximum Gasteiger partial charge on any atom is 0.294 e. The Morgan fingerprint density at radius 2 is 2.38 bits per heavy atom. The zero-order valence-electron chi connectivity index (χ0n) is 9.09. The number of nitrogen functional groups attached to an aromatic ring is 1. The van der Waals surface area contributed by atoms with Gasteiger partial charge < -0.3 is 5.84 Å². The average molecular weight is 238 g/mol. The number of nitrogens with zero attached hydrogens (tertiary/aromatic N) is 3. The molecular weight excluding hydrogens is 224 g/mol. The second-order valence-electron chi connectivity index (χ2n) is 3.76. The van der Waals surface area contributed by atoms with Gasteiger partial charge in [-0.2, -0.15) is 4.68 Å². The molecule has 0 radical (unpaired) electrons. The maximum atomic E-state index is 11.5. The van der Waals surface area contributed by atoms with Crippen LogP contribution in [0.1, 0.15) is 25.0 Å². The highest BCUT2D eigenvalue weighted by molar-refractivity contribution is 7.99. The fraction of sp³-hybridized carbons (Fsp3) is 0.500. The van der Waals surface area contributed by atoms with Crippen molar-refractivity contribution >= 4 is 11.8 Å². The van der Waals surface area contributed by atoms with Crippen LogP contribution in [0.2, 0.25) is 0 Å². The van der Waals surface area contributed by atoms with E-state index >= 15 is 0 Å². The van der Waals surface area contributed by atoms with Crippen molar-refractivity contribution < 1.29 is 0 Å². The Labute approximate surface area is 97.7 Å². The van der Waals surface area contributed by atoms with Crippen molar-refractivity contribution in [3.8, 4) is 0 Å². The standard InChI is InChI=1S/C10H14N4OS/c1-7-9(15)14(11)10(13-12-7)16-8-5-3-2-4-6-8/h3,5,8H,2,4,6,11H2,1H3. The third-order valence-corrected chi connectivity index (χ3v) is 3.67. The number of rotatable bonds is 2. The lowest BCUT2D eigenvalue weighted by molar-refractivity contribution is 0.674. The number of aryl methyl sites for hydroxylation is 1. The second-order valence-corrected chi connectivity index (χ2v) is 4.96. The molecule has 5 nitrogen and oxygen atoms in total. The van der Waals surface area contributed by atoms with Crippen LogP contribution in [0.15, 0.2) is 22.1 Å². The summed E-state index contributed by atoms with van der Waals surface area (Å²) in [4.78, 5) is 11.5. The predicted octanol–water partition coefficient (Wildman–Crippen LogP) is 0.861. The van der Waals surface area contributed by atoms with Gasteiger partial charge >= 0.3 is 0 Å². The van der Waals surface area contributed by atoms with E-state index in [0.717, 1.165) is 17.5 Å². The van der Waals surface area contributed by atoms with Gasteiger partial charge in [0.2, 0.25) is 5.16 Å². The zero-order chi connectivity index (χ0) is 11.5. The highest BCUT2D eigenvalue weighted by Gasteiger charge is 2.14. The van der Waals surface area contributed by atoms with Crippen LogP contribution in [-0.4, -0.2) is 20.1 Å². The Balaban J connectivity index is 2.21. The predicted molar refractivity (Wildman–Crippen MR) is 63.8 cm³/mol. The third kappa shape index (κ3) is 2.27. The van der Waals surface area contributed by atoms with E-state index in [1.165, 1.54) is 18.2 Å². The van der Waals surface area contributed by atoms with E-state index in [4.69, 9.17) is 5.84 Å². The van der Waals surface area contributed by atoms with Gasteiger partial charge in [0.05, 0.1) is 0 Å². The maximum absolute atomic E-state index is 11.5. The van der Waals surface area contributed by atoms with Gasteiger partial charge in [0, 0.05) is 5.25 Å².